The summed E-state index contributed by atoms with van der Waals surface area (Å²) in [5.74, 6) is 1.85. The normalized spacial score (nSPS) is 15.6. The predicted octanol–water partition coefficient (Wildman–Crippen LogP) is 3.76. The van der Waals surface area contributed by atoms with Gasteiger partial charge in [0.1, 0.15) is 23.3 Å². The van der Waals surface area contributed by atoms with Gasteiger partial charge in [-0.3, -0.25) is 4.79 Å². The van der Waals surface area contributed by atoms with E-state index in [2.05, 4.69) is 10.6 Å². The fourth-order valence-corrected chi connectivity index (χ4v) is 3.92. The maximum Gasteiger partial charge on any atom is 0.255 e. The summed E-state index contributed by atoms with van der Waals surface area (Å²) in [6.07, 6.45) is 2.05. The van der Waals surface area contributed by atoms with Crippen LogP contribution in [-0.2, 0) is 6.54 Å². The molecule has 3 aromatic rings. The lowest BCUT2D eigenvalue weighted by Gasteiger charge is -2.38. The van der Waals surface area contributed by atoms with Crippen LogP contribution in [0.15, 0.2) is 60.8 Å². The van der Waals surface area contributed by atoms with E-state index in [1.54, 1.807) is 39.5 Å². The summed E-state index contributed by atoms with van der Waals surface area (Å²) in [6.45, 7) is 1.32. The highest BCUT2D eigenvalue weighted by atomic mass is 16.5. The van der Waals surface area contributed by atoms with Gasteiger partial charge in [0.15, 0.2) is 0 Å². The summed E-state index contributed by atoms with van der Waals surface area (Å²) in [5, 5.41) is 0. The van der Waals surface area contributed by atoms with Crippen LogP contribution in [0.3, 0.4) is 0 Å². The first-order chi connectivity index (χ1) is 14.2. The van der Waals surface area contributed by atoms with E-state index in [0.29, 0.717) is 23.6 Å². The van der Waals surface area contributed by atoms with E-state index < -0.39 is 0 Å². The van der Waals surface area contributed by atoms with Crippen LogP contribution < -0.4 is 14.2 Å². The molecular weight excluding hydrogens is 368 g/mol. The molecule has 29 heavy (non-hydrogen) atoms. The van der Waals surface area contributed by atoms with Crippen molar-refractivity contribution in [3.05, 3.63) is 77.6 Å². The number of nitrogens with zero attached hydrogens (tertiary/aromatic N) is 2. The van der Waals surface area contributed by atoms with E-state index in [9.17, 15) is 4.79 Å². The molecule has 1 unspecified atom stereocenters. The molecule has 1 atom stereocenters. The van der Waals surface area contributed by atoms with Crippen molar-refractivity contribution in [1.82, 2.24) is 9.47 Å². The van der Waals surface area contributed by atoms with Crippen molar-refractivity contribution in [3.63, 3.8) is 0 Å². The average molecular weight is 392 g/mol. The van der Waals surface area contributed by atoms with Crippen LogP contribution in [0.4, 0.5) is 0 Å². The molecule has 0 radical (unpaired) electrons. The number of hydrogen-bond acceptors (Lipinski definition) is 4. The van der Waals surface area contributed by atoms with Gasteiger partial charge in [0.25, 0.3) is 5.91 Å². The molecule has 1 aromatic heterocycles. The zero-order chi connectivity index (χ0) is 20.4. The van der Waals surface area contributed by atoms with Gasteiger partial charge in [-0.05, 0) is 30.3 Å². The Bertz CT molecular complexity index is 1000. The maximum absolute atomic E-state index is 13.6. The van der Waals surface area contributed by atoms with Crippen molar-refractivity contribution in [2.45, 2.75) is 12.6 Å². The molecule has 0 saturated heterocycles. The molecule has 0 bridgehead atoms. The highest BCUT2D eigenvalue weighted by Gasteiger charge is 2.34. The summed E-state index contributed by atoms with van der Waals surface area (Å²) in [7, 11) is 4.81. The lowest BCUT2D eigenvalue weighted by Crippen LogP contribution is -2.42. The molecule has 1 aliphatic rings. The number of para-hydroxylation sites is 1. The molecule has 150 valence electrons. The van der Waals surface area contributed by atoms with Crippen molar-refractivity contribution < 1.29 is 19.0 Å². The van der Waals surface area contributed by atoms with Crippen molar-refractivity contribution >= 4 is 5.91 Å². The second-order valence-electron chi connectivity index (χ2n) is 6.87. The third kappa shape index (κ3) is 3.42. The fourth-order valence-electron chi connectivity index (χ4n) is 3.92. The van der Waals surface area contributed by atoms with Gasteiger partial charge in [-0.1, -0.05) is 18.2 Å². The van der Waals surface area contributed by atoms with Gasteiger partial charge in [-0.25, -0.2) is 0 Å². The maximum atomic E-state index is 13.6. The summed E-state index contributed by atoms with van der Waals surface area (Å²) < 4.78 is 18.5. The van der Waals surface area contributed by atoms with Crippen LogP contribution in [0.2, 0.25) is 0 Å². The van der Waals surface area contributed by atoms with Gasteiger partial charge < -0.3 is 23.7 Å². The van der Waals surface area contributed by atoms with Crippen LogP contribution in [0.25, 0.3) is 0 Å². The van der Waals surface area contributed by atoms with Gasteiger partial charge >= 0.3 is 0 Å². The van der Waals surface area contributed by atoms with Crippen molar-refractivity contribution in [1.29, 1.82) is 0 Å². The minimum absolute atomic E-state index is 0.0782. The standard InChI is InChI=1S/C23H24N2O4/c1-27-17-13-16(14-18(15-17)28-2)23(26)25-12-11-24-10-6-8-20(24)22(25)19-7-4-5-9-21(19)29-3/h4-10,13-15,22H,11-12H2,1-3H3. The number of methoxy groups -OCH3 is 3. The third-order valence-corrected chi connectivity index (χ3v) is 5.33. The van der Waals surface area contributed by atoms with Crippen LogP contribution in [-0.4, -0.2) is 43.2 Å². The fraction of sp³-hybridized carbons (Fsp3) is 0.261. The molecule has 6 nitrogen and oxygen atoms in total. The Balaban J connectivity index is 1.81. The molecular formula is C23H24N2O4. The topological polar surface area (TPSA) is 52.9 Å². The third-order valence-electron chi connectivity index (χ3n) is 5.33. The largest absolute Gasteiger partial charge is 0.497 e. The Kier molecular flexibility index (Phi) is 5.16. The molecule has 1 aliphatic heterocycles. The number of aromatic nitrogens is 1. The number of carbonyl (C=O) groups is 1. The molecule has 0 fully saturated rings. The average Bonchev–Trinajstić information content (AvgIpc) is 3.26. The van der Waals surface area contributed by atoms with E-state index >= 15 is 0 Å². The molecule has 0 saturated carbocycles. The highest BCUT2D eigenvalue weighted by Crippen LogP contribution is 2.38. The number of benzene rings is 2. The Morgan fingerprint density at radius 1 is 0.897 bits per heavy atom. The summed E-state index contributed by atoms with van der Waals surface area (Å²) in [4.78, 5) is 15.5. The summed E-state index contributed by atoms with van der Waals surface area (Å²) in [6, 6.07) is 16.9. The summed E-state index contributed by atoms with van der Waals surface area (Å²) in [5.41, 5.74) is 2.54. The number of carbonyl (C=O) groups excluding carboxylic acids is 1. The van der Waals surface area contributed by atoms with E-state index in [1.807, 2.05) is 41.4 Å². The number of fused-ring (bicyclic) bond motifs is 1. The minimum Gasteiger partial charge on any atom is -0.497 e. The minimum atomic E-state index is -0.250. The monoisotopic (exact) mass is 392 g/mol. The van der Waals surface area contributed by atoms with Crippen molar-refractivity contribution in [2.75, 3.05) is 27.9 Å². The zero-order valence-corrected chi connectivity index (χ0v) is 16.8. The first-order valence-corrected chi connectivity index (χ1v) is 9.48. The number of amides is 1. The molecule has 0 spiro atoms. The summed E-state index contributed by atoms with van der Waals surface area (Å²) >= 11 is 0. The lowest BCUT2D eigenvalue weighted by atomic mass is 9.97. The van der Waals surface area contributed by atoms with Crippen molar-refractivity contribution in [2.24, 2.45) is 0 Å². The second-order valence-corrected chi connectivity index (χ2v) is 6.87. The molecule has 2 heterocycles. The Morgan fingerprint density at radius 3 is 2.31 bits per heavy atom. The van der Waals surface area contributed by atoms with Gasteiger partial charge in [0.2, 0.25) is 0 Å². The highest BCUT2D eigenvalue weighted by molar-refractivity contribution is 5.95. The number of rotatable bonds is 5. The van der Waals surface area contributed by atoms with Gasteiger partial charge in [0.05, 0.1) is 21.3 Å². The van der Waals surface area contributed by atoms with Crippen LogP contribution in [0.5, 0.6) is 17.2 Å². The Morgan fingerprint density at radius 2 is 1.62 bits per heavy atom. The van der Waals surface area contributed by atoms with Gasteiger partial charge in [-0.2, -0.15) is 0 Å². The quantitative estimate of drug-likeness (QED) is 0.663. The first-order valence-electron chi connectivity index (χ1n) is 9.48. The van der Waals surface area contributed by atoms with E-state index in [1.165, 1.54) is 0 Å². The van der Waals surface area contributed by atoms with Crippen molar-refractivity contribution in [3.8, 4) is 17.2 Å². The molecule has 1 amide bonds. The molecule has 2 aromatic carbocycles. The Hall–Kier alpha value is -3.41. The molecule has 0 N–H and O–H groups in total. The van der Waals surface area contributed by atoms with Crippen LogP contribution >= 0.6 is 0 Å². The first kappa shape index (κ1) is 18.9. The molecule has 4 rings (SSSR count). The Labute approximate surface area is 170 Å². The predicted molar refractivity (Wildman–Crippen MR) is 110 cm³/mol. The molecule has 0 aliphatic carbocycles. The number of ether oxygens (including phenoxy) is 3. The SMILES string of the molecule is COc1cc(OC)cc(C(=O)N2CCn3cccc3C2c2ccccc2OC)c1. The van der Waals surface area contributed by atoms with E-state index in [-0.39, 0.29) is 11.9 Å². The second kappa shape index (κ2) is 7.91. The smallest absolute Gasteiger partial charge is 0.255 e. The van der Waals surface area contributed by atoms with Crippen LogP contribution in [0.1, 0.15) is 27.7 Å². The zero-order valence-electron chi connectivity index (χ0n) is 16.8. The van der Waals surface area contributed by atoms with E-state index in [0.717, 1.165) is 23.6 Å². The molecule has 6 heteroatoms. The number of hydrogen-bond donors (Lipinski definition) is 0. The lowest BCUT2D eigenvalue weighted by molar-refractivity contribution is 0.0661. The van der Waals surface area contributed by atoms with Gasteiger partial charge in [0, 0.05) is 42.2 Å². The van der Waals surface area contributed by atoms with Gasteiger partial charge in [-0.15, -0.1) is 0 Å². The van der Waals surface area contributed by atoms with Crippen LogP contribution in [0, 0.1) is 0 Å². The van der Waals surface area contributed by atoms with E-state index in [4.69, 9.17) is 14.2 Å².